The van der Waals surface area contributed by atoms with Crippen molar-refractivity contribution in [1.29, 1.82) is 0 Å². The molecule has 3 nitrogen and oxygen atoms in total. The van der Waals surface area contributed by atoms with Crippen molar-refractivity contribution in [2.24, 2.45) is 0 Å². The summed E-state index contributed by atoms with van der Waals surface area (Å²) < 4.78 is 43.5. The van der Waals surface area contributed by atoms with Crippen LogP contribution in [0.15, 0.2) is 30.5 Å². The van der Waals surface area contributed by atoms with Crippen molar-refractivity contribution in [2.75, 3.05) is 19.7 Å². The molecular formula is C14H17F3N2O. The highest BCUT2D eigenvalue weighted by Crippen LogP contribution is 2.26. The third kappa shape index (κ3) is 3.66. The molecule has 2 aromatic rings. The minimum absolute atomic E-state index is 0.266. The molecule has 0 spiro atoms. The van der Waals surface area contributed by atoms with Crippen LogP contribution < -0.4 is 10.1 Å². The quantitative estimate of drug-likeness (QED) is 0.825. The number of halogens is 3. The number of alkyl halides is 3. The van der Waals surface area contributed by atoms with E-state index < -0.39 is 12.7 Å². The second kappa shape index (κ2) is 6.17. The van der Waals surface area contributed by atoms with E-state index in [4.69, 9.17) is 4.74 Å². The number of hydrogen-bond acceptors (Lipinski definition) is 2. The average Bonchev–Trinajstić information content (AvgIpc) is 2.78. The Bertz CT molecular complexity index is 563. The molecule has 20 heavy (non-hydrogen) atoms. The van der Waals surface area contributed by atoms with Gasteiger partial charge in [0.25, 0.3) is 0 Å². The van der Waals surface area contributed by atoms with Crippen LogP contribution in [0.3, 0.4) is 0 Å². The Kier molecular flexibility index (Phi) is 4.54. The molecular weight excluding hydrogens is 269 g/mol. The van der Waals surface area contributed by atoms with Crippen LogP contribution in [0.1, 0.15) is 6.92 Å². The molecule has 0 saturated carbocycles. The number of fused-ring (bicyclic) bond motifs is 1. The summed E-state index contributed by atoms with van der Waals surface area (Å²) in [5.74, 6) is 0.798. The van der Waals surface area contributed by atoms with Gasteiger partial charge in [0.2, 0.25) is 0 Å². The molecule has 1 aromatic heterocycles. The summed E-state index contributed by atoms with van der Waals surface area (Å²) in [5.41, 5.74) is 0.963. The first-order chi connectivity index (χ1) is 9.51. The van der Waals surface area contributed by atoms with Crippen molar-refractivity contribution in [1.82, 2.24) is 9.88 Å². The summed E-state index contributed by atoms with van der Waals surface area (Å²) in [7, 11) is 0. The van der Waals surface area contributed by atoms with Crippen molar-refractivity contribution < 1.29 is 17.9 Å². The maximum Gasteiger partial charge on any atom is 0.401 e. The van der Waals surface area contributed by atoms with Gasteiger partial charge in [-0.3, -0.25) is 0 Å². The molecule has 1 heterocycles. The second-order valence-corrected chi connectivity index (χ2v) is 4.42. The van der Waals surface area contributed by atoms with Gasteiger partial charge in [-0.1, -0.05) is 6.07 Å². The molecule has 0 aliphatic heterocycles. The molecule has 110 valence electrons. The van der Waals surface area contributed by atoms with E-state index in [0.717, 1.165) is 16.7 Å². The maximum absolute atomic E-state index is 12.0. The van der Waals surface area contributed by atoms with Crippen molar-refractivity contribution in [3.8, 4) is 5.75 Å². The molecule has 1 aromatic carbocycles. The number of nitrogens with zero attached hydrogens (tertiary/aromatic N) is 1. The Morgan fingerprint density at radius 3 is 2.75 bits per heavy atom. The fourth-order valence-electron chi connectivity index (χ4n) is 2.10. The smallest absolute Gasteiger partial charge is 0.401 e. The van der Waals surface area contributed by atoms with Gasteiger partial charge in [0.1, 0.15) is 5.75 Å². The highest BCUT2D eigenvalue weighted by atomic mass is 19.4. The van der Waals surface area contributed by atoms with Crippen LogP contribution >= 0.6 is 0 Å². The minimum Gasteiger partial charge on any atom is -0.493 e. The van der Waals surface area contributed by atoms with Crippen molar-refractivity contribution in [3.05, 3.63) is 30.5 Å². The summed E-state index contributed by atoms with van der Waals surface area (Å²) in [5, 5.41) is 3.37. The van der Waals surface area contributed by atoms with Crippen LogP contribution in [0, 0.1) is 0 Å². The number of aromatic nitrogens is 1. The lowest BCUT2D eigenvalue weighted by molar-refractivity contribution is -0.124. The third-order valence-corrected chi connectivity index (χ3v) is 2.93. The van der Waals surface area contributed by atoms with E-state index in [0.29, 0.717) is 13.2 Å². The third-order valence-electron chi connectivity index (χ3n) is 2.93. The maximum atomic E-state index is 12.0. The lowest BCUT2D eigenvalue weighted by Crippen LogP contribution is -2.31. The van der Waals surface area contributed by atoms with Gasteiger partial charge in [-0.25, -0.2) is 0 Å². The number of benzene rings is 1. The van der Waals surface area contributed by atoms with E-state index in [1.807, 2.05) is 42.0 Å². The number of nitrogens with one attached hydrogen (secondary N) is 1. The molecule has 0 fully saturated rings. The lowest BCUT2D eigenvalue weighted by atomic mass is 10.2. The summed E-state index contributed by atoms with van der Waals surface area (Å²) >= 11 is 0. The molecule has 0 unspecified atom stereocenters. The second-order valence-electron chi connectivity index (χ2n) is 4.42. The Hall–Kier alpha value is -1.69. The molecule has 0 aliphatic carbocycles. The number of ether oxygens (including phenoxy) is 1. The first kappa shape index (κ1) is 14.7. The monoisotopic (exact) mass is 286 g/mol. The van der Waals surface area contributed by atoms with E-state index >= 15 is 0 Å². The Labute approximate surface area is 115 Å². The normalized spacial score (nSPS) is 12.0. The highest BCUT2D eigenvalue weighted by Gasteiger charge is 2.25. The van der Waals surface area contributed by atoms with Crippen LogP contribution in [0.4, 0.5) is 13.2 Å². The molecule has 0 aliphatic rings. The predicted octanol–water partition coefficient (Wildman–Crippen LogP) is 3.19. The zero-order chi connectivity index (χ0) is 14.6. The molecule has 2 rings (SSSR count). The first-order valence-electron chi connectivity index (χ1n) is 6.49. The fourth-order valence-corrected chi connectivity index (χ4v) is 2.10. The van der Waals surface area contributed by atoms with Crippen molar-refractivity contribution >= 4 is 10.9 Å². The van der Waals surface area contributed by atoms with Crippen LogP contribution in [-0.2, 0) is 6.54 Å². The molecule has 0 bridgehead atoms. The van der Waals surface area contributed by atoms with Gasteiger partial charge in [-0.05, 0) is 25.1 Å². The van der Waals surface area contributed by atoms with Gasteiger partial charge in [-0.2, -0.15) is 13.2 Å². The van der Waals surface area contributed by atoms with Crippen molar-refractivity contribution in [2.45, 2.75) is 19.6 Å². The zero-order valence-corrected chi connectivity index (χ0v) is 11.2. The van der Waals surface area contributed by atoms with E-state index in [1.54, 1.807) is 0 Å². The van der Waals surface area contributed by atoms with E-state index in [9.17, 15) is 13.2 Å². The number of hydrogen-bond donors (Lipinski definition) is 1. The van der Waals surface area contributed by atoms with E-state index in [1.165, 1.54) is 0 Å². The SMILES string of the molecule is CCOc1cccc2c1ccn2CCNCC(F)(F)F. The summed E-state index contributed by atoms with van der Waals surface area (Å²) in [6.07, 6.45) is -2.30. The predicted molar refractivity (Wildman–Crippen MR) is 72.0 cm³/mol. The summed E-state index contributed by atoms with van der Waals surface area (Å²) in [6.45, 7) is 2.28. The average molecular weight is 286 g/mol. The molecule has 6 heteroatoms. The van der Waals surface area contributed by atoms with E-state index in [2.05, 4.69) is 5.32 Å². The van der Waals surface area contributed by atoms with Crippen molar-refractivity contribution in [3.63, 3.8) is 0 Å². The zero-order valence-electron chi connectivity index (χ0n) is 11.2. The summed E-state index contributed by atoms with van der Waals surface area (Å²) in [4.78, 5) is 0. The van der Waals surface area contributed by atoms with Gasteiger partial charge in [0.05, 0.1) is 18.7 Å². The van der Waals surface area contributed by atoms with Gasteiger partial charge < -0.3 is 14.6 Å². The largest absolute Gasteiger partial charge is 0.493 e. The molecule has 1 N–H and O–H groups in total. The Morgan fingerprint density at radius 2 is 2.05 bits per heavy atom. The lowest BCUT2D eigenvalue weighted by Gasteiger charge is -2.10. The van der Waals surface area contributed by atoms with Crippen LogP contribution in [-0.4, -0.2) is 30.4 Å². The fraction of sp³-hybridized carbons (Fsp3) is 0.429. The van der Waals surface area contributed by atoms with E-state index in [-0.39, 0.29) is 6.54 Å². The summed E-state index contributed by atoms with van der Waals surface area (Å²) in [6, 6.07) is 7.62. The number of rotatable bonds is 6. The van der Waals surface area contributed by atoms with Crippen LogP contribution in [0.5, 0.6) is 5.75 Å². The van der Waals surface area contributed by atoms with Crippen LogP contribution in [0.2, 0.25) is 0 Å². The highest BCUT2D eigenvalue weighted by molar-refractivity contribution is 5.86. The Morgan fingerprint density at radius 1 is 1.25 bits per heavy atom. The first-order valence-corrected chi connectivity index (χ1v) is 6.49. The van der Waals surface area contributed by atoms with Gasteiger partial charge in [0, 0.05) is 24.7 Å². The molecule has 0 amide bonds. The van der Waals surface area contributed by atoms with Gasteiger partial charge >= 0.3 is 6.18 Å². The molecule has 0 saturated heterocycles. The van der Waals surface area contributed by atoms with Crippen LogP contribution in [0.25, 0.3) is 10.9 Å². The van der Waals surface area contributed by atoms with Gasteiger partial charge in [0.15, 0.2) is 0 Å². The van der Waals surface area contributed by atoms with Gasteiger partial charge in [-0.15, -0.1) is 0 Å². The molecule has 0 atom stereocenters. The standard InChI is InChI=1S/C14H17F3N2O/c1-2-20-13-5-3-4-12-11(13)6-8-19(12)9-7-18-10-14(15,16)17/h3-6,8,18H,2,7,9-10H2,1H3. The minimum atomic E-state index is -4.17. The topological polar surface area (TPSA) is 26.2 Å². The Balaban J connectivity index is 2.02. The molecule has 0 radical (unpaired) electrons.